The summed E-state index contributed by atoms with van der Waals surface area (Å²) in [6, 6.07) is 6.76. The third-order valence-electron chi connectivity index (χ3n) is 3.04. The lowest BCUT2D eigenvalue weighted by Gasteiger charge is -2.25. The van der Waals surface area contributed by atoms with E-state index in [-0.39, 0.29) is 0 Å². The Morgan fingerprint density at radius 3 is 1.94 bits per heavy atom. The van der Waals surface area contributed by atoms with Crippen LogP contribution in [0, 0.1) is 0 Å². The summed E-state index contributed by atoms with van der Waals surface area (Å²) < 4.78 is 5.64. The lowest BCUT2D eigenvalue weighted by Crippen LogP contribution is -2.31. The highest BCUT2D eigenvalue weighted by Gasteiger charge is 2.56. The van der Waals surface area contributed by atoms with Crippen LogP contribution >= 0.6 is 11.6 Å². The number of benzene rings is 1. The van der Waals surface area contributed by atoms with Crippen LogP contribution in [0.1, 0.15) is 26.3 Å². The molecule has 1 heterocycles. The summed E-state index contributed by atoms with van der Waals surface area (Å²) in [5.41, 5.74) is -1.62. The van der Waals surface area contributed by atoms with E-state index in [4.69, 9.17) is 16.3 Å². The second kappa shape index (κ2) is 3.65. The minimum Gasteiger partial charge on any atom is -0.348 e. The van der Waals surface area contributed by atoms with E-state index >= 15 is 0 Å². The lowest BCUT2D eigenvalue weighted by molar-refractivity contribution is -0.138. The zero-order valence-electron chi connectivity index (χ0n) is 9.91. The van der Waals surface area contributed by atoms with Crippen molar-refractivity contribution in [1.29, 1.82) is 0 Å². The van der Waals surface area contributed by atoms with E-state index in [9.17, 15) is 9.59 Å². The molecule has 1 fully saturated rings. The predicted molar refractivity (Wildman–Crippen MR) is 64.0 cm³/mol. The summed E-state index contributed by atoms with van der Waals surface area (Å²) in [5.74, 6) is -1.00. The maximum atomic E-state index is 12.0. The minimum atomic E-state index is -1.20. The van der Waals surface area contributed by atoms with Gasteiger partial charge in [-0.25, -0.2) is 0 Å². The van der Waals surface area contributed by atoms with Crippen molar-refractivity contribution in [2.45, 2.75) is 32.0 Å². The first kappa shape index (κ1) is 12.3. The molecule has 0 spiro atoms. The molecule has 0 radical (unpaired) electrons. The topological polar surface area (TPSA) is 43.4 Å². The van der Waals surface area contributed by atoms with Crippen molar-refractivity contribution in [2.24, 2.45) is 0 Å². The van der Waals surface area contributed by atoms with Crippen LogP contribution in [0.2, 0.25) is 5.02 Å². The van der Waals surface area contributed by atoms with Gasteiger partial charge in [-0.15, -0.1) is 0 Å². The smallest absolute Gasteiger partial charge is 0.237 e. The second-order valence-corrected chi connectivity index (χ2v) is 5.25. The van der Waals surface area contributed by atoms with E-state index < -0.39 is 22.8 Å². The van der Waals surface area contributed by atoms with Gasteiger partial charge in [0.2, 0.25) is 11.6 Å². The first-order valence-corrected chi connectivity index (χ1v) is 5.70. The van der Waals surface area contributed by atoms with Gasteiger partial charge in [0.1, 0.15) is 5.60 Å². The SMILES string of the molecule is CC1(C)O[C@@](C)(c2ccc(Cl)cc2)C(=O)C1=O. The quantitative estimate of drug-likeness (QED) is 0.722. The van der Waals surface area contributed by atoms with Crippen molar-refractivity contribution in [3.8, 4) is 0 Å². The molecule has 90 valence electrons. The first-order chi connectivity index (χ1) is 7.77. The third kappa shape index (κ3) is 1.79. The monoisotopic (exact) mass is 252 g/mol. The van der Waals surface area contributed by atoms with Gasteiger partial charge in [0.25, 0.3) is 0 Å². The summed E-state index contributed by atoms with van der Waals surface area (Å²) in [4.78, 5) is 23.8. The van der Waals surface area contributed by atoms with Crippen LogP contribution in [0.25, 0.3) is 0 Å². The molecule has 4 heteroatoms. The molecule has 0 amide bonds. The minimum absolute atomic E-state index is 0.491. The largest absolute Gasteiger partial charge is 0.348 e. The Morgan fingerprint density at radius 1 is 1.00 bits per heavy atom. The van der Waals surface area contributed by atoms with Crippen LogP contribution in [0.3, 0.4) is 0 Å². The molecule has 0 saturated carbocycles. The number of rotatable bonds is 1. The van der Waals surface area contributed by atoms with Gasteiger partial charge in [0, 0.05) is 5.02 Å². The molecule has 0 aromatic heterocycles. The Hall–Kier alpha value is -1.19. The summed E-state index contributed by atoms with van der Waals surface area (Å²) in [7, 11) is 0. The zero-order valence-corrected chi connectivity index (χ0v) is 10.7. The molecule has 3 nitrogen and oxygen atoms in total. The Bertz CT molecular complexity index is 490. The molecule has 1 atom stereocenters. The molecule has 1 aliphatic rings. The van der Waals surface area contributed by atoms with Crippen molar-refractivity contribution in [3.63, 3.8) is 0 Å². The number of ether oxygens (including phenoxy) is 1. The highest BCUT2D eigenvalue weighted by atomic mass is 35.5. The van der Waals surface area contributed by atoms with E-state index in [1.54, 1.807) is 45.0 Å². The summed E-state index contributed by atoms with van der Waals surface area (Å²) in [6.07, 6.45) is 0. The van der Waals surface area contributed by atoms with E-state index in [2.05, 4.69) is 0 Å². The van der Waals surface area contributed by atoms with Crippen LogP contribution < -0.4 is 0 Å². The van der Waals surface area contributed by atoms with E-state index in [0.717, 1.165) is 0 Å². The van der Waals surface area contributed by atoms with E-state index in [1.165, 1.54) is 0 Å². The maximum absolute atomic E-state index is 12.0. The Balaban J connectivity index is 2.48. The summed E-state index contributed by atoms with van der Waals surface area (Å²) in [5, 5.41) is 0.577. The average molecular weight is 253 g/mol. The standard InChI is InChI=1S/C13H13ClO3/c1-12(2)10(15)11(16)13(3,17-12)8-4-6-9(14)7-5-8/h4-7H,1-3H3/t13-/m0/s1. The molecule has 1 saturated heterocycles. The number of carbonyl (C=O) groups is 2. The van der Waals surface area contributed by atoms with E-state index in [1.807, 2.05) is 0 Å². The van der Waals surface area contributed by atoms with Crippen LogP contribution in [-0.2, 0) is 19.9 Å². The molecule has 1 aromatic rings. The van der Waals surface area contributed by atoms with Crippen LogP contribution in [0.15, 0.2) is 24.3 Å². The number of Topliss-reactive ketones (excluding diaryl/α,β-unsaturated/α-hetero) is 2. The molecule has 1 aromatic carbocycles. The lowest BCUT2D eigenvalue weighted by atomic mass is 9.90. The van der Waals surface area contributed by atoms with Gasteiger partial charge >= 0.3 is 0 Å². The number of ketones is 2. The summed E-state index contributed by atoms with van der Waals surface area (Å²) >= 11 is 5.79. The molecule has 0 unspecified atom stereocenters. The predicted octanol–water partition coefficient (Wildman–Crippen LogP) is 2.50. The number of halogens is 1. The molecule has 0 N–H and O–H groups in total. The first-order valence-electron chi connectivity index (χ1n) is 5.33. The fourth-order valence-electron chi connectivity index (χ4n) is 2.05. The van der Waals surface area contributed by atoms with Crippen molar-refractivity contribution in [2.75, 3.05) is 0 Å². The van der Waals surface area contributed by atoms with Gasteiger partial charge in [0.05, 0.1) is 0 Å². The van der Waals surface area contributed by atoms with Gasteiger partial charge in [-0.3, -0.25) is 9.59 Å². The molecule has 2 rings (SSSR count). The molecule has 0 aliphatic carbocycles. The molecular weight excluding hydrogens is 240 g/mol. The maximum Gasteiger partial charge on any atom is 0.237 e. The fourth-order valence-corrected chi connectivity index (χ4v) is 2.18. The van der Waals surface area contributed by atoms with Crippen molar-refractivity contribution >= 4 is 23.2 Å². The normalized spacial score (nSPS) is 27.5. The average Bonchev–Trinajstić information content (AvgIpc) is 2.41. The van der Waals surface area contributed by atoms with Crippen molar-refractivity contribution < 1.29 is 14.3 Å². The second-order valence-electron chi connectivity index (χ2n) is 4.81. The van der Waals surface area contributed by atoms with Gasteiger partial charge in [0.15, 0.2) is 5.60 Å². The van der Waals surface area contributed by atoms with Gasteiger partial charge < -0.3 is 4.74 Å². The summed E-state index contributed by atoms with van der Waals surface area (Å²) in [6.45, 7) is 4.83. The Labute approximate surface area is 105 Å². The van der Waals surface area contributed by atoms with Crippen LogP contribution in [-0.4, -0.2) is 17.2 Å². The van der Waals surface area contributed by atoms with Crippen LogP contribution in [0.5, 0.6) is 0 Å². The fraction of sp³-hybridized carbons (Fsp3) is 0.385. The van der Waals surface area contributed by atoms with Crippen LogP contribution in [0.4, 0.5) is 0 Å². The number of hydrogen-bond acceptors (Lipinski definition) is 3. The Kier molecular flexibility index (Phi) is 2.64. The van der Waals surface area contributed by atoms with E-state index in [0.29, 0.717) is 10.6 Å². The highest BCUT2D eigenvalue weighted by molar-refractivity contribution is 6.44. The van der Waals surface area contributed by atoms with Crippen molar-refractivity contribution in [3.05, 3.63) is 34.9 Å². The van der Waals surface area contributed by atoms with Gasteiger partial charge in [-0.2, -0.15) is 0 Å². The Morgan fingerprint density at radius 2 is 1.53 bits per heavy atom. The van der Waals surface area contributed by atoms with Gasteiger partial charge in [-0.05, 0) is 38.5 Å². The third-order valence-corrected chi connectivity index (χ3v) is 3.29. The highest BCUT2D eigenvalue weighted by Crippen LogP contribution is 2.39. The van der Waals surface area contributed by atoms with Crippen molar-refractivity contribution in [1.82, 2.24) is 0 Å². The van der Waals surface area contributed by atoms with Gasteiger partial charge in [-0.1, -0.05) is 23.7 Å². The molecule has 0 bridgehead atoms. The number of hydrogen-bond donors (Lipinski definition) is 0. The molecule has 1 aliphatic heterocycles. The number of carbonyl (C=O) groups excluding carboxylic acids is 2. The molecular formula is C13H13ClO3. The zero-order chi connectivity index (χ0) is 12.8. The molecule has 17 heavy (non-hydrogen) atoms.